The maximum absolute atomic E-state index is 12.6. The Balaban J connectivity index is 1.40. The van der Waals surface area contributed by atoms with Crippen LogP contribution in [0.1, 0.15) is 24.0 Å². The van der Waals surface area contributed by atoms with Gasteiger partial charge in [-0.25, -0.2) is 8.42 Å². The number of anilines is 1. The van der Waals surface area contributed by atoms with Gasteiger partial charge >= 0.3 is 0 Å². The predicted molar refractivity (Wildman–Crippen MR) is 111 cm³/mol. The smallest absolute Gasteiger partial charge is 0.262 e. The van der Waals surface area contributed by atoms with Gasteiger partial charge in [0.05, 0.1) is 10.1 Å². The first-order chi connectivity index (χ1) is 13.4. The van der Waals surface area contributed by atoms with Crippen LogP contribution in [-0.4, -0.2) is 32.0 Å². The number of fused-ring (bicyclic) bond motifs is 1. The number of nitrogens with one attached hydrogen (secondary N) is 2. The number of thioether (sulfide) groups is 1. The Labute approximate surface area is 168 Å². The third-order valence-corrected chi connectivity index (χ3v) is 7.44. The summed E-state index contributed by atoms with van der Waals surface area (Å²) in [6, 6.07) is 12.4. The van der Waals surface area contributed by atoms with E-state index in [0.717, 1.165) is 11.3 Å². The molecule has 0 spiro atoms. The van der Waals surface area contributed by atoms with E-state index in [0.29, 0.717) is 30.9 Å². The molecule has 8 heteroatoms. The minimum atomic E-state index is -3.64. The lowest BCUT2D eigenvalue weighted by Gasteiger charge is -2.11. The minimum Gasteiger partial charge on any atom is -0.325 e. The average Bonchev–Trinajstić information content (AvgIpc) is 3.31. The molecule has 146 valence electrons. The van der Waals surface area contributed by atoms with Gasteiger partial charge in [-0.2, -0.15) is 0 Å². The van der Waals surface area contributed by atoms with Crippen molar-refractivity contribution in [2.24, 2.45) is 4.99 Å². The Bertz CT molecular complexity index is 1050. The normalized spacial score (nSPS) is 18.5. The topological polar surface area (TPSA) is 87.6 Å². The molecule has 0 radical (unpaired) electrons. The van der Waals surface area contributed by atoms with Crippen LogP contribution in [0.5, 0.6) is 0 Å². The van der Waals surface area contributed by atoms with E-state index >= 15 is 0 Å². The molecule has 1 amide bonds. The Morgan fingerprint density at radius 2 is 1.96 bits per heavy atom. The second-order valence-electron chi connectivity index (χ2n) is 6.97. The van der Waals surface area contributed by atoms with Crippen molar-refractivity contribution < 1.29 is 13.2 Å². The summed E-state index contributed by atoms with van der Waals surface area (Å²) in [6.07, 6.45) is 2.21. The molecule has 0 aromatic heterocycles. The van der Waals surface area contributed by atoms with Gasteiger partial charge in [0.25, 0.3) is 10.0 Å². The van der Waals surface area contributed by atoms with Crippen LogP contribution in [0.15, 0.2) is 57.2 Å². The summed E-state index contributed by atoms with van der Waals surface area (Å²) >= 11 is 1.57. The molecule has 0 saturated carbocycles. The summed E-state index contributed by atoms with van der Waals surface area (Å²) in [6.45, 7) is 2.70. The number of carbonyl (C=O) groups excluding carboxylic acids is 1. The number of amidine groups is 1. The van der Waals surface area contributed by atoms with Gasteiger partial charge in [-0.3, -0.25) is 14.5 Å². The molecular formula is C20H21N3O3S2. The largest absolute Gasteiger partial charge is 0.325 e. The number of hydrogen-bond donors (Lipinski definition) is 2. The Hall–Kier alpha value is -2.32. The van der Waals surface area contributed by atoms with Crippen molar-refractivity contribution in [1.29, 1.82) is 0 Å². The summed E-state index contributed by atoms with van der Waals surface area (Å²) in [7, 11) is -3.64. The zero-order valence-electron chi connectivity index (χ0n) is 15.4. The molecule has 2 aliphatic heterocycles. The number of rotatable bonds is 4. The van der Waals surface area contributed by atoms with Gasteiger partial charge in [0.1, 0.15) is 5.84 Å². The van der Waals surface area contributed by atoms with E-state index in [1.54, 1.807) is 23.9 Å². The maximum atomic E-state index is 12.6. The highest BCUT2D eigenvalue weighted by molar-refractivity contribution is 8.01. The number of aliphatic imine (C=N–C) groups is 1. The molecule has 2 aromatic rings. The van der Waals surface area contributed by atoms with Crippen molar-refractivity contribution in [3.8, 4) is 0 Å². The number of hydrogen-bond acceptors (Lipinski definition) is 5. The molecule has 2 N–H and O–H groups in total. The van der Waals surface area contributed by atoms with E-state index in [1.807, 2.05) is 6.92 Å². The first-order valence-electron chi connectivity index (χ1n) is 9.14. The van der Waals surface area contributed by atoms with Crippen molar-refractivity contribution in [1.82, 2.24) is 4.72 Å². The van der Waals surface area contributed by atoms with Gasteiger partial charge in [-0.05, 0) is 55.7 Å². The van der Waals surface area contributed by atoms with Crippen LogP contribution in [-0.2, 0) is 21.2 Å². The SMILES string of the molecule is Cc1ccc2c(c1)S[C@@H](C(=O)Nc1ccc(S(=O)(=O)NC3=NCCC3)cc1)C2. The Morgan fingerprint density at radius 1 is 1.18 bits per heavy atom. The summed E-state index contributed by atoms with van der Waals surface area (Å²) in [5, 5.41) is 2.71. The monoisotopic (exact) mass is 415 g/mol. The van der Waals surface area contributed by atoms with Crippen LogP contribution < -0.4 is 10.0 Å². The fourth-order valence-corrected chi connectivity index (χ4v) is 5.64. The zero-order valence-corrected chi connectivity index (χ0v) is 17.1. The van der Waals surface area contributed by atoms with Gasteiger partial charge in [0.2, 0.25) is 5.91 Å². The third-order valence-electron chi connectivity index (χ3n) is 4.75. The molecule has 0 unspecified atom stereocenters. The number of aryl methyl sites for hydroxylation is 1. The molecule has 4 rings (SSSR count). The quantitative estimate of drug-likeness (QED) is 0.803. The van der Waals surface area contributed by atoms with Crippen LogP contribution in [0.2, 0.25) is 0 Å². The molecule has 2 heterocycles. The van der Waals surface area contributed by atoms with Gasteiger partial charge < -0.3 is 5.32 Å². The van der Waals surface area contributed by atoms with Crippen LogP contribution in [0, 0.1) is 6.92 Å². The minimum absolute atomic E-state index is 0.0760. The van der Waals surface area contributed by atoms with E-state index in [4.69, 9.17) is 0 Å². The maximum Gasteiger partial charge on any atom is 0.262 e. The lowest BCUT2D eigenvalue weighted by atomic mass is 10.1. The van der Waals surface area contributed by atoms with E-state index in [9.17, 15) is 13.2 Å². The fraction of sp³-hybridized carbons (Fsp3) is 0.300. The van der Waals surface area contributed by atoms with Crippen LogP contribution >= 0.6 is 11.8 Å². The van der Waals surface area contributed by atoms with Crippen molar-refractivity contribution in [3.63, 3.8) is 0 Å². The number of benzene rings is 2. The number of sulfonamides is 1. The van der Waals surface area contributed by atoms with Gasteiger partial charge in [-0.15, -0.1) is 11.8 Å². The van der Waals surface area contributed by atoms with E-state index in [2.05, 4.69) is 33.2 Å². The van der Waals surface area contributed by atoms with Gasteiger partial charge in [0, 0.05) is 23.5 Å². The Morgan fingerprint density at radius 3 is 2.68 bits per heavy atom. The molecule has 0 bridgehead atoms. The summed E-state index contributed by atoms with van der Waals surface area (Å²) < 4.78 is 27.3. The van der Waals surface area contributed by atoms with Gasteiger partial charge in [-0.1, -0.05) is 17.7 Å². The first-order valence-corrected chi connectivity index (χ1v) is 11.5. The molecule has 0 fully saturated rings. The number of amides is 1. The first kappa shape index (κ1) is 19.0. The van der Waals surface area contributed by atoms with E-state index in [-0.39, 0.29) is 16.1 Å². The Kier molecular flexibility index (Phi) is 5.16. The average molecular weight is 416 g/mol. The number of carbonyl (C=O) groups is 1. The molecule has 0 saturated heterocycles. The highest BCUT2D eigenvalue weighted by Gasteiger charge is 2.28. The standard InChI is InChI=1S/C20H21N3O3S2/c1-13-4-5-14-12-18(27-17(14)11-13)20(24)22-15-6-8-16(9-7-15)28(25,26)23-19-3-2-10-21-19/h4-9,11,18H,2-3,10,12H2,1H3,(H,21,23)(H,22,24)/t18-/m1/s1. The van der Waals surface area contributed by atoms with E-state index in [1.165, 1.54) is 23.3 Å². The molecule has 6 nitrogen and oxygen atoms in total. The second kappa shape index (κ2) is 7.60. The van der Waals surface area contributed by atoms with Crippen molar-refractivity contribution in [3.05, 3.63) is 53.6 Å². The van der Waals surface area contributed by atoms with Crippen LogP contribution in [0.3, 0.4) is 0 Å². The van der Waals surface area contributed by atoms with Gasteiger partial charge in [0.15, 0.2) is 0 Å². The lowest BCUT2D eigenvalue weighted by molar-refractivity contribution is -0.115. The van der Waals surface area contributed by atoms with E-state index < -0.39 is 10.0 Å². The summed E-state index contributed by atoms with van der Waals surface area (Å²) in [4.78, 5) is 18.0. The van der Waals surface area contributed by atoms with Crippen LogP contribution in [0.25, 0.3) is 0 Å². The summed E-state index contributed by atoms with van der Waals surface area (Å²) in [5.74, 6) is 0.429. The molecule has 0 aliphatic carbocycles. The molecule has 2 aliphatic rings. The highest BCUT2D eigenvalue weighted by Crippen LogP contribution is 2.38. The lowest BCUT2D eigenvalue weighted by Crippen LogP contribution is -2.29. The highest BCUT2D eigenvalue weighted by atomic mass is 32.2. The van der Waals surface area contributed by atoms with Crippen molar-refractivity contribution in [2.75, 3.05) is 11.9 Å². The van der Waals surface area contributed by atoms with Crippen LogP contribution in [0.4, 0.5) is 5.69 Å². The molecule has 2 aromatic carbocycles. The van der Waals surface area contributed by atoms with Crippen molar-refractivity contribution in [2.45, 2.75) is 41.2 Å². The molecule has 28 heavy (non-hydrogen) atoms. The second-order valence-corrected chi connectivity index (χ2v) is 9.90. The third kappa shape index (κ3) is 4.07. The zero-order chi connectivity index (χ0) is 19.7. The molecule has 1 atom stereocenters. The number of nitrogens with zero attached hydrogens (tertiary/aromatic N) is 1. The predicted octanol–water partition coefficient (Wildman–Crippen LogP) is 3.12. The molecular weight excluding hydrogens is 394 g/mol. The summed E-state index contributed by atoms with van der Waals surface area (Å²) in [5.41, 5.74) is 2.95. The van der Waals surface area contributed by atoms with Crippen molar-refractivity contribution >= 4 is 39.2 Å². The fourth-order valence-electron chi connectivity index (χ4n) is 3.26.